The van der Waals surface area contributed by atoms with Crippen molar-refractivity contribution in [2.75, 3.05) is 0 Å². The molecule has 0 aromatic carbocycles. The van der Waals surface area contributed by atoms with Crippen molar-refractivity contribution in [2.24, 2.45) is 0 Å². The van der Waals surface area contributed by atoms with E-state index in [-0.39, 0.29) is 5.69 Å². The lowest BCUT2D eigenvalue weighted by Crippen LogP contribution is -1.72. The average Bonchev–Trinajstić information content (AvgIpc) is 2.14. The first-order chi connectivity index (χ1) is 3.43. The predicted octanol–water partition coefficient (Wildman–Crippen LogP) is 0.287. The van der Waals surface area contributed by atoms with Crippen LogP contribution in [0.25, 0.3) is 0 Å². The number of carbonyl (C=O) groups is 1. The summed E-state index contributed by atoms with van der Waals surface area (Å²) in [5.74, 6) is 0. The predicted molar refractivity (Wildman–Crippen MR) is 20.7 cm³/mol. The Labute approximate surface area is 40.0 Å². The van der Waals surface area contributed by atoms with Gasteiger partial charge >= 0.3 is 0 Å². The van der Waals surface area contributed by atoms with Gasteiger partial charge in [-0.15, -0.1) is 0 Å². The normalized spacial score (nSPS) is 8.57. The van der Waals surface area contributed by atoms with Gasteiger partial charge in [-0.05, 0) is 0 Å². The van der Waals surface area contributed by atoms with Gasteiger partial charge in [-0.25, -0.2) is 4.98 Å². The number of aromatic nitrogens is 1. The third-order valence-corrected chi connectivity index (χ3v) is 0.528. The van der Waals surface area contributed by atoms with Crippen LogP contribution in [0.4, 0.5) is 0 Å². The Morgan fingerprint density at radius 3 is 3.14 bits per heavy atom. The number of rotatable bonds is 1. The van der Waals surface area contributed by atoms with E-state index in [9.17, 15) is 4.79 Å². The van der Waals surface area contributed by atoms with Crippen LogP contribution in [0.3, 0.4) is 0 Å². The Morgan fingerprint density at radius 2 is 2.86 bits per heavy atom. The molecule has 0 amide bonds. The third kappa shape index (κ3) is 0.652. The summed E-state index contributed by atoms with van der Waals surface area (Å²) in [7, 11) is 0. The van der Waals surface area contributed by atoms with Gasteiger partial charge in [0, 0.05) is 0 Å². The van der Waals surface area contributed by atoms with Gasteiger partial charge in [0.25, 0.3) is 6.39 Å². The van der Waals surface area contributed by atoms with E-state index in [2.05, 4.69) is 15.8 Å². The second-order valence-corrected chi connectivity index (χ2v) is 0.982. The molecule has 0 saturated heterocycles. The highest BCUT2D eigenvalue weighted by molar-refractivity contribution is 5.70. The molecule has 3 nitrogen and oxygen atoms in total. The molecule has 0 aliphatic heterocycles. The summed E-state index contributed by atoms with van der Waals surface area (Å²) < 4.78 is 4.34. The average molecular weight is 96.1 g/mol. The highest BCUT2D eigenvalue weighted by Gasteiger charge is 1.87. The van der Waals surface area contributed by atoms with E-state index in [4.69, 9.17) is 0 Å². The molecular formula is C4H2NO2. The highest BCUT2D eigenvalue weighted by Crippen LogP contribution is 1.84. The third-order valence-electron chi connectivity index (χ3n) is 0.528. The molecule has 0 unspecified atom stereocenters. The molecule has 1 radical (unpaired) electrons. The van der Waals surface area contributed by atoms with Crippen LogP contribution in [0, 0.1) is 6.39 Å². The van der Waals surface area contributed by atoms with Gasteiger partial charge in [0.2, 0.25) is 0 Å². The molecule has 1 aromatic heterocycles. The number of hydrogen-bond acceptors (Lipinski definition) is 3. The summed E-state index contributed by atoms with van der Waals surface area (Å²) in [6.45, 7) is 0. The first-order valence-corrected chi connectivity index (χ1v) is 1.70. The monoisotopic (exact) mass is 96.0 g/mol. The molecule has 1 heterocycles. The minimum absolute atomic E-state index is 0.278. The fraction of sp³-hybridized carbons (Fsp3) is 0. The quantitative estimate of drug-likeness (QED) is 0.472. The van der Waals surface area contributed by atoms with E-state index in [1.165, 1.54) is 6.26 Å². The fourth-order valence-corrected chi connectivity index (χ4v) is 0.246. The topological polar surface area (TPSA) is 43.1 Å². The van der Waals surface area contributed by atoms with E-state index in [0.29, 0.717) is 6.29 Å². The molecule has 7 heavy (non-hydrogen) atoms. The molecule has 0 aliphatic carbocycles. The first-order valence-electron chi connectivity index (χ1n) is 1.70. The van der Waals surface area contributed by atoms with Crippen LogP contribution in [0.5, 0.6) is 0 Å². The van der Waals surface area contributed by atoms with Gasteiger partial charge in [-0.2, -0.15) is 0 Å². The molecule has 0 fully saturated rings. The van der Waals surface area contributed by atoms with Crippen molar-refractivity contribution in [1.29, 1.82) is 0 Å². The van der Waals surface area contributed by atoms with Crippen molar-refractivity contribution in [2.45, 2.75) is 0 Å². The maximum Gasteiger partial charge on any atom is 0.284 e. The van der Waals surface area contributed by atoms with Crippen LogP contribution in [0.1, 0.15) is 10.5 Å². The summed E-state index contributed by atoms with van der Waals surface area (Å²) in [5, 5.41) is 0. The zero-order valence-corrected chi connectivity index (χ0v) is 3.42. The Bertz CT molecular complexity index is 145. The van der Waals surface area contributed by atoms with Crippen molar-refractivity contribution in [3.63, 3.8) is 0 Å². The number of aldehydes is 1. The van der Waals surface area contributed by atoms with Gasteiger partial charge in [0.1, 0.15) is 12.0 Å². The fourth-order valence-electron chi connectivity index (χ4n) is 0.246. The highest BCUT2D eigenvalue weighted by atomic mass is 16.3. The Balaban J connectivity index is 2.96. The standard InChI is InChI=1S/C4H2NO2/c6-1-4-2-7-3-5-4/h1-2H. The lowest BCUT2D eigenvalue weighted by molar-refractivity contribution is 0.111. The van der Waals surface area contributed by atoms with E-state index >= 15 is 0 Å². The molecular weight excluding hydrogens is 94.0 g/mol. The number of nitrogens with zero attached hydrogens (tertiary/aromatic N) is 1. The maximum atomic E-state index is 9.73. The summed E-state index contributed by atoms with van der Waals surface area (Å²) in [6, 6.07) is 0. The molecule has 0 saturated carbocycles. The molecule has 0 aliphatic rings. The Morgan fingerprint density at radius 1 is 2.00 bits per heavy atom. The summed E-state index contributed by atoms with van der Waals surface area (Å²) in [5.41, 5.74) is 0.278. The summed E-state index contributed by atoms with van der Waals surface area (Å²) in [4.78, 5) is 13.1. The largest absolute Gasteiger partial charge is 0.440 e. The molecule has 1 aromatic rings. The number of oxazole rings is 1. The van der Waals surface area contributed by atoms with Crippen LogP contribution in [-0.4, -0.2) is 11.3 Å². The van der Waals surface area contributed by atoms with Crippen LogP contribution in [0.15, 0.2) is 10.7 Å². The maximum absolute atomic E-state index is 9.73. The second kappa shape index (κ2) is 1.55. The SMILES string of the molecule is O=Cc1co[c]n1. The molecule has 0 spiro atoms. The lowest BCUT2D eigenvalue weighted by atomic mass is 10.6. The van der Waals surface area contributed by atoms with Crippen molar-refractivity contribution in [3.8, 4) is 0 Å². The van der Waals surface area contributed by atoms with E-state index < -0.39 is 0 Å². The molecule has 0 bridgehead atoms. The minimum Gasteiger partial charge on any atom is -0.440 e. The number of carbonyl (C=O) groups excluding carboxylic acids is 1. The zero-order valence-electron chi connectivity index (χ0n) is 3.42. The van der Waals surface area contributed by atoms with Crippen LogP contribution in [0.2, 0.25) is 0 Å². The lowest BCUT2D eigenvalue weighted by Gasteiger charge is -1.62. The van der Waals surface area contributed by atoms with Gasteiger partial charge in [0.15, 0.2) is 6.29 Å². The van der Waals surface area contributed by atoms with E-state index in [1.807, 2.05) is 0 Å². The van der Waals surface area contributed by atoms with Gasteiger partial charge < -0.3 is 4.42 Å². The molecule has 1 rings (SSSR count). The molecule has 0 N–H and O–H groups in total. The molecule has 3 heteroatoms. The zero-order chi connectivity index (χ0) is 5.11. The first kappa shape index (κ1) is 4.05. The van der Waals surface area contributed by atoms with Gasteiger partial charge in [0.05, 0.1) is 0 Å². The summed E-state index contributed by atoms with van der Waals surface area (Å²) in [6.07, 6.45) is 3.95. The van der Waals surface area contributed by atoms with Crippen LogP contribution in [-0.2, 0) is 0 Å². The molecule has 35 valence electrons. The Hall–Kier alpha value is -1.12. The van der Waals surface area contributed by atoms with Gasteiger partial charge in [-0.1, -0.05) is 0 Å². The Kier molecular flexibility index (Phi) is 0.898. The van der Waals surface area contributed by atoms with Crippen molar-refractivity contribution in [1.82, 2.24) is 4.98 Å². The number of hydrogen-bond donors (Lipinski definition) is 0. The minimum atomic E-state index is 0.278. The van der Waals surface area contributed by atoms with Crippen molar-refractivity contribution >= 4 is 6.29 Å². The van der Waals surface area contributed by atoms with E-state index in [1.54, 1.807) is 0 Å². The second-order valence-electron chi connectivity index (χ2n) is 0.982. The molecule has 0 atom stereocenters. The van der Waals surface area contributed by atoms with Crippen molar-refractivity contribution < 1.29 is 9.21 Å². The smallest absolute Gasteiger partial charge is 0.284 e. The van der Waals surface area contributed by atoms with Crippen LogP contribution < -0.4 is 0 Å². The van der Waals surface area contributed by atoms with Crippen molar-refractivity contribution in [3.05, 3.63) is 18.4 Å². The summed E-state index contributed by atoms with van der Waals surface area (Å²) >= 11 is 0. The van der Waals surface area contributed by atoms with Gasteiger partial charge in [-0.3, -0.25) is 4.79 Å². The van der Waals surface area contributed by atoms with Crippen LogP contribution >= 0.6 is 0 Å². The van der Waals surface area contributed by atoms with E-state index in [0.717, 1.165) is 0 Å².